The van der Waals surface area contributed by atoms with Crippen LogP contribution >= 0.6 is 0 Å². The molecule has 1 aliphatic heterocycles. The van der Waals surface area contributed by atoms with Crippen molar-refractivity contribution in [1.29, 1.82) is 0 Å². The Morgan fingerprint density at radius 3 is 2.30 bits per heavy atom. The Morgan fingerprint density at radius 1 is 1.11 bits per heavy atom. The van der Waals surface area contributed by atoms with Gasteiger partial charge in [0.1, 0.15) is 0 Å². The van der Waals surface area contributed by atoms with E-state index >= 15 is 0 Å². The number of nitrogens with zero attached hydrogens (tertiary/aromatic N) is 2. The van der Waals surface area contributed by atoms with Gasteiger partial charge in [0.2, 0.25) is 0 Å². The number of anilines is 1. The van der Waals surface area contributed by atoms with Crippen molar-refractivity contribution in [2.24, 2.45) is 0 Å². The number of benzene rings is 2. The Kier molecular flexibility index (Phi) is 4.84. The summed E-state index contributed by atoms with van der Waals surface area (Å²) in [6.07, 6.45) is 0. The Hall–Kier alpha value is -3.75. The fraction of sp³-hybridized carbons (Fsp3) is 0.167. The van der Waals surface area contributed by atoms with Crippen molar-refractivity contribution in [2.75, 3.05) is 18.4 Å². The maximum atomic E-state index is 12.2. The lowest BCUT2D eigenvalue weighted by Gasteiger charge is -2.15. The summed E-state index contributed by atoms with van der Waals surface area (Å²) in [6, 6.07) is 10.1. The lowest BCUT2D eigenvalue weighted by molar-refractivity contribution is -0.384. The summed E-state index contributed by atoms with van der Waals surface area (Å²) < 4.78 is 0. The molecule has 0 unspecified atom stereocenters. The molecule has 0 bridgehead atoms. The van der Waals surface area contributed by atoms with Gasteiger partial charge < -0.3 is 10.6 Å². The van der Waals surface area contributed by atoms with E-state index in [-0.39, 0.29) is 30.6 Å². The van der Waals surface area contributed by atoms with Gasteiger partial charge in [-0.25, -0.2) is 4.79 Å². The Labute approximate surface area is 154 Å². The first-order valence-electron chi connectivity index (χ1n) is 8.13. The molecule has 9 heteroatoms. The number of imide groups is 1. The third-order valence-electron chi connectivity index (χ3n) is 4.17. The first-order valence-corrected chi connectivity index (χ1v) is 8.13. The molecular formula is C18H16N4O5. The van der Waals surface area contributed by atoms with E-state index in [2.05, 4.69) is 10.6 Å². The summed E-state index contributed by atoms with van der Waals surface area (Å²) in [7, 11) is 0. The van der Waals surface area contributed by atoms with Gasteiger partial charge in [-0.1, -0.05) is 12.1 Å². The van der Waals surface area contributed by atoms with Crippen molar-refractivity contribution in [1.82, 2.24) is 10.2 Å². The second kappa shape index (κ2) is 7.24. The number of hydrogen-bond donors (Lipinski definition) is 2. The fourth-order valence-corrected chi connectivity index (χ4v) is 2.79. The second-order valence-corrected chi connectivity index (χ2v) is 5.94. The number of hydrogen-bond acceptors (Lipinski definition) is 5. The highest BCUT2D eigenvalue weighted by Crippen LogP contribution is 2.22. The molecule has 138 valence electrons. The molecule has 2 N–H and O–H groups in total. The van der Waals surface area contributed by atoms with E-state index in [0.717, 1.165) is 4.90 Å². The van der Waals surface area contributed by atoms with Crippen LogP contribution in [0.15, 0.2) is 42.5 Å². The maximum Gasteiger partial charge on any atom is 0.319 e. The van der Waals surface area contributed by atoms with Crippen molar-refractivity contribution >= 4 is 29.2 Å². The number of nitro benzene ring substituents is 1. The molecule has 0 radical (unpaired) electrons. The first-order chi connectivity index (χ1) is 12.9. The number of fused-ring (bicyclic) bond motifs is 1. The quantitative estimate of drug-likeness (QED) is 0.476. The van der Waals surface area contributed by atoms with Gasteiger partial charge in [0.05, 0.1) is 16.1 Å². The van der Waals surface area contributed by atoms with E-state index in [4.69, 9.17) is 0 Å². The van der Waals surface area contributed by atoms with Crippen LogP contribution in [0.2, 0.25) is 0 Å². The molecule has 9 nitrogen and oxygen atoms in total. The molecule has 0 saturated carbocycles. The minimum absolute atomic E-state index is 0.0407. The Balaban J connectivity index is 1.54. The molecule has 3 rings (SSSR count). The first kappa shape index (κ1) is 18.1. The number of urea groups is 1. The van der Waals surface area contributed by atoms with Crippen LogP contribution in [-0.2, 0) is 0 Å². The van der Waals surface area contributed by atoms with Crippen LogP contribution in [0.25, 0.3) is 0 Å². The summed E-state index contributed by atoms with van der Waals surface area (Å²) in [5.74, 6) is -0.770. The highest BCUT2D eigenvalue weighted by molar-refractivity contribution is 6.21. The molecule has 0 aliphatic carbocycles. The van der Waals surface area contributed by atoms with Crippen molar-refractivity contribution < 1.29 is 19.3 Å². The van der Waals surface area contributed by atoms with Gasteiger partial charge in [-0.3, -0.25) is 24.6 Å². The van der Waals surface area contributed by atoms with Gasteiger partial charge in [-0.2, -0.15) is 0 Å². The highest BCUT2D eigenvalue weighted by atomic mass is 16.6. The third-order valence-corrected chi connectivity index (χ3v) is 4.17. The van der Waals surface area contributed by atoms with E-state index in [1.54, 1.807) is 31.2 Å². The molecule has 1 aliphatic rings. The average Bonchev–Trinajstić information content (AvgIpc) is 2.88. The summed E-state index contributed by atoms with van der Waals surface area (Å²) >= 11 is 0. The van der Waals surface area contributed by atoms with Crippen molar-refractivity contribution in [2.45, 2.75) is 6.92 Å². The van der Waals surface area contributed by atoms with Gasteiger partial charge in [0.25, 0.3) is 17.5 Å². The molecule has 2 aromatic rings. The molecule has 0 saturated heterocycles. The maximum absolute atomic E-state index is 12.2. The van der Waals surface area contributed by atoms with E-state index < -0.39 is 11.0 Å². The smallest absolute Gasteiger partial charge is 0.319 e. The predicted octanol–water partition coefficient (Wildman–Crippen LogP) is 2.32. The summed E-state index contributed by atoms with van der Waals surface area (Å²) in [5, 5.41) is 15.9. The van der Waals surface area contributed by atoms with Crippen molar-refractivity contribution in [3.8, 4) is 0 Å². The minimum Gasteiger partial charge on any atom is -0.336 e. The number of carbonyl (C=O) groups is 3. The van der Waals surface area contributed by atoms with E-state index in [0.29, 0.717) is 22.4 Å². The molecule has 0 fully saturated rings. The molecule has 4 amide bonds. The Bertz CT molecular complexity index is 922. The van der Waals surface area contributed by atoms with E-state index in [9.17, 15) is 24.5 Å². The van der Waals surface area contributed by atoms with Gasteiger partial charge in [0, 0.05) is 30.9 Å². The monoisotopic (exact) mass is 368 g/mol. The number of amides is 4. The average molecular weight is 368 g/mol. The number of rotatable bonds is 5. The zero-order valence-electron chi connectivity index (χ0n) is 14.4. The molecule has 2 aromatic carbocycles. The van der Waals surface area contributed by atoms with Crippen molar-refractivity contribution in [3.05, 3.63) is 69.3 Å². The highest BCUT2D eigenvalue weighted by Gasteiger charge is 2.34. The van der Waals surface area contributed by atoms with Gasteiger partial charge >= 0.3 is 6.03 Å². The molecule has 0 aromatic heterocycles. The lowest BCUT2D eigenvalue weighted by Crippen LogP contribution is -2.39. The van der Waals surface area contributed by atoms with E-state index in [1.165, 1.54) is 18.2 Å². The van der Waals surface area contributed by atoms with Crippen LogP contribution in [0.5, 0.6) is 0 Å². The van der Waals surface area contributed by atoms with Crippen molar-refractivity contribution in [3.63, 3.8) is 0 Å². The van der Waals surface area contributed by atoms with Crippen LogP contribution in [-0.4, -0.2) is 40.8 Å². The van der Waals surface area contributed by atoms with Crippen LogP contribution in [0.1, 0.15) is 26.3 Å². The molecule has 0 spiro atoms. The van der Waals surface area contributed by atoms with Crippen LogP contribution < -0.4 is 10.6 Å². The van der Waals surface area contributed by atoms with Gasteiger partial charge in [0.15, 0.2) is 0 Å². The molecule has 1 heterocycles. The van der Waals surface area contributed by atoms with Gasteiger partial charge in [-0.15, -0.1) is 0 Å². The Morgan fingerprint density at radius 2 is 1.74 bits per heavy atom. The fourth-order valence-electron chi connectivity index (χ4n) is 2.79. The molecule has 27 heavy (non-hydrogen) atoms. The number of non-ortho nitro benzene ring substituents is 1. The second-order valence-electron chi connectivity index (χ2n) is 5.94. The standard InChI is InChI=1S/C18H16N4O5/c1-11-10-12(22(26)27)6-7-15(11)20-18(25)19-8-9-21-16(23)13-4-2-3-5-14(13)17(21)24/h2-7,10H,8-9H2,1H3,(H2,19,20,25). The zero-order valence-corrected chi connectivity index (χ0v) is 14.4. The lowest BCUT2D eigenvalue weighted by atomic mass is 10.1. The topological polar surface area (TPSA) is 122 Å². The summed E-state index contributed by atoms with van der Waals surface area (Å²) in [6.45, 7) is 1.75. The number of carbonyl (C=O) groups excluding carboxylic acids is 3. The number of nitro groups is 1. The van der Waals surface area contributed by atoms with E-state index in [1.807, 2.05) is 0 Å². The minimum atomic E-state index is -0.538. The normalized spacial score (nSPS) is 12.7. The van der Waals surface area contributed by atoms with Crippen LogP contribution in [0.4, 0.5) is 16.2 Å². The largest absolute Gasteiger partial charge is 0.336 e. The molecular weight excluding hydrogens is 352 g/mol. The summed E-state index contributed by atoms with van der Waals surface area (Å²) in [4.78, 5) is 47.8. The third kappa shape index (κ3) is 3.61. The predicted molar refractivity (Wildman–Crippen MR) is 96.7 cm³/mol. The van der Waals surface area contributed by atoms with Crippen LogP contribution in [0.3, 0.4) is 0 Å². The number of nitrogens with one attached hydrogen (secondary N) is 2. The van der Waals surface area contributed by atoms with Gasteiger partial charge in [-0.05, 0) is 30.7 Å². The SMILES string of the molecule is Cc1cc([N+](=O)[O-])ccc1NC(=O)NCCN1C(=O)c2ccccc2C1=O. The van der Waals surface area contributed by atoms with Crippen LogP contribution in [0, 0.1) is 17.0 Å². The number of aryl methyl sites for hydroxylation is 1. The molecule has 0 atom stereocenters. The summed E-state index contributed by atoms with van der Waals surface area (Å²) in [5.41, 5.74) is 1.62. The zero-order chi connectivity index (χ0) is 19.6.